The Balaban J connectivity index is 1.16. The quantitative estimate of drug-likeness (QED) is 0.205. The molecule has 2 aromatic carbocycles. The molecule has 4 saturated heterocycles. The highest BCUT2D eigenvalue weighted by Gasteiger charge is 2.50. The highest BCUT2D eigenvalue weighted by atomic mass is 35.5. The van der Waals surface area contributed by atoms with Gasteiger partial charge in [-0.2, -0.15) is 15.2 Å². The molecule has 274 valence electrons. The van der Waals surface area contributed by atoms with Crippen LogP contribution in [0.3, 0.4) is 0 Å². The van der Waals surface area contributed by atoms with Gasteiger partial charge in [-0.15, -0.1) is 11.3 Å². The van der Waals surface area contributed by atoms with Gasteiger partial charge in [0.2, 0.25) is 0 Å². The molecule has 5 aromatic rings. The number of carbonyl (C=O) groups is 1. The van der Waals surface area contributed by atoms with E-state index >= 15 is 4.39 Å². The van der Waals surface area contributed by atoms with E-state index in [2.05, 4.69) is 19.8 Å². The summed E-state index contributed by atoms with van der Waals surface area (Å²) in [6.45, 7) is 6.52. The van der Waals surface area contributed by atoms with Gasteiger partial charge in [0.1, 0.15) is 47.3 Å². The van der Waals surface area contributed by atoms with Crippen molar-refractivity contribution in [3.05, 3.63) is 58.1 Å². The fraction of sp³-hybridized carbons (Fsp3) is 0.432. The second-order valence-electron chi connectivity index (χ2n) is 14.7. The number of aryl methyl sites for hydroxylation is 1. The van der Waals surface area contributed by atoms with Crippen LogP contribution in [0, 0.1) is 42.7 Å². The monoisotopic (exact) mass is 761 g/mol. The Morgan fingerprint density at radius 3 is 2.81 bits per heavy atom. The van der Waals surface area contributed by atoms with Crippen molar-refractivity contribution >= 4 is 60.8 Å². The maximum atomic E-state index is 17.2. The minimum absolute atomic E-state index is 0.0143. The van der Waals surface area contributed by atoms with Gasteiger partial charge in [-0.1, -0.05) is 17.7 Å². The molecule has 0 spiro atoms. The zero-order valence-electron chi connectivity index (χ0n) is 29.0. The van der Waals surface area contributed by atoms with Crippen molar-refractivity contribution < 1.29 is 22.7 Å². The molecule has 0 aliphatic carbocycles. The largest absolute Gasteiger partial charge is 0.461 e. The number of ether oxygens (including phenoxy) is 1. The summed E-state index contributed by atoms with van der Waals surface area (Å²) in [5, 5.41) is 10.6. The number of alkyl halides is 1. The van der Waals surface area contributed by atoms with Crippen LogP contribution in [0.2, 0.25) is 5.02 Å². The number of benzene rings is 2. The molecule has 9 rings (SSSR count). The summed E-state index contributed by atoms with van der Waals surface area (Å²) in [4.78, 5) is 33.4. The number of halogens is 4. The van der Waals surface area contributed by atoms with Crippen LogP contribution in [0.1, 0.15) is 42.6 Å². The first kappa shape index (κ1) is 34.1. The first-order valence-electron chi connectivity index (χ1n) is 17.7. The maximum Gasteiger partial charge on any atom is 0.329 e. The van der Waals surface area contributed by atoms with Gasteiger partial charge >= 0.3 is 12.0 Å². The van der Waals surface area contributed by atoms with Gasteiger partial charge in [0.25, 0.3) is 0 Å². The van der Waals surface area contributed by atoms with E-state index in [9.17, 15) is 18.8 Å². The van der Waals surface area contributed by atoms with Crippen LogP contribution in [0.25, 0.3) is 32.1 Å². The van der Waals surface area contributed by atoms with E-state index in [0.29, 0.717) is 43.8 Å². The zero-order chi connectivity index (χ0) is 36.9. The van der Waals surface area contributed by atoms with Gasteiger partial charge in [0.05, 0.1) is 32.6 Å². The lowest BCUT2D eigenvalue weighted by atomic mass is 9.95. The van der Waals surface area contributed by atoms with Crippen LogP contribution in [-0.2, 0) is 0 Å². The molecule has 0 bridgehead atoms. The van der Waals surface area contributed by atoms with Crippen LogP contribution in [0.5, 0.6) is 6.01 Å². The lowest BCUT2D eigenvalue weighted by molar-refractivity contribution is 0.107. The van der Waals surface area contributed by atoms with Crippen LogP contribution < -0.4 is 15.4 Å². The average Bonchev–Trinajstić information content (AvgIpc) is 3.97. The lowest BCUT2D eigenvalue weighted by Gasteiger charge is -2.31. The molecule has 0 radical (unpaired) electrons. The van der Waals surface area contributed by atoms with E-state index in [-0.39, 0.29) is 72.9 Å². The predicted octanol–water partition coefficient (Wildman–Crippen LogP) is 6.84. The molecule has 2 unspecified atom stereocenters. The van der Waals surface area contributed by atoms with E-state index < -0.39 is 23.3 Å². The third-order valence-electron chi connectivity index (χ3n) is 11.8. The molecule has 4 atom stereocenters. The van der Waals surface area contributed by atoms with Crippen LogP contribution in [0.4, 0.5) is 28.8 Å². The Hall–Kier alpha value is -4.65. The van der Waals surface area contributed by atoms with E-state index in [1.165, 1.54) is 12.1 Å². The van der Waals surface area contributed by atoms with Crippen molar-refractivity contribution in [2.75, 3.05) is 50.0 Å². The van der Waals surface area contributed by atoms with Crippen LogP contribution in [0.15, 0.2) is 24.5 Å². The molecule has 3 aromatic heterocycles. The zero-order valence-corrected chi connectivity index (χ0v) is 30.6. The number of anilines is 2. The Kier molecular flexibility index (Phi) is 8.03. The Morgan fingerprint density at radius 1 is 1.21 bits per heavy atom. The van der Waals surface area contributed by atoms with Crippen molar-refractivity contribution in [1.29, 1.82) is 5.26 Å². The van der Waals surface area contributed by atoms with Crippen molar-refractivity contribution in [3.63, 3.8) is 0 Å². The summed E-state index contributed by atoms with van der Waals surface area (Å²) >= 11 is 7.84. The van der Waals surface area contributed by atoms with Crippen molar-refractivity contribution in [2.45, 2.75) is 57.3 Å². The molecular weight excluding hydrogens is 727 g/mol. The number of thiophene rings is 1. The number of carbonyl (C=O) groups excluding carboxylic acids is 1. The first-order chi connectivity index (χ1) is 25.5. The highest BCUT2D eigenvalue weighted by Crippen LogP contribution is 2.47. The molecule has 4 aliphatic heterocycles. The molecule has 0 saturated carbocycles. The topological polar surface area (TPSA) is 129 Å². The predicted molar refractivity (Wildman–Crippen MR) is 196 cm³/mol. The van der Waals surface area contributed by atoms with Crippen molar-refractivity contribution in [1.82, 2.24) is 29.3 Å². The van der Waals surface area contributed by atoms with E-state index in [1.807, 2.05) is 24.8 Å². The third-order valence-corrected chi connectivity index (χ3v) is 13.1. The summed E-state index contributed by atoms with van der Waals surface area (Å²) in [6.07, 6.45) is 3.38. The number of fused-ring (bicyclic) bond motifs is 4. The molecule has 7 heterocycles. The standard InChI is InChI=1S/C37H35ClF3N9O2S/c1-18-19(2)50(17-44-18)36(51)47-13-20-6-9-49(27(20)15-47)34-23-10-25(38)29(22-4-5-26(40)32-28(22)24(12-42)33(43)53-32)30(41)31(23)45-35(46-34)52-16-37-7-3-8-48(37)14-21(39)11-37/h4-5,10,17,20-21,27H,3,6-9,11,13-16,43H2,1-2H3/t20?,21-,27?,37+/m1/s1. The summed E-state index contributed by atoms with van der Waals surface area (Å²) in [7, 11) is 0. The SMILES string of the molecule is Cc1ncn(C(=O)N2CC3CCN(c4nc(OC[C@@]56CCCN5C[C@H](F)C6)nc5c(F)c(-c6ccc(F)c7sc(N)c(C#N)c67)c(Cl)cc45)C3C2)c1C. The normalized spacial score (nSPS) is 24.1. The fourth-order valence-corrected chi connectivity index (χ4v) is 10.3. The Bertz CT molecular complexity index is 2400. The summed E-state index contributed by atoms with van der Waals surface area (Å²) < 4.78 is 54.9. The summed E-state index contributed by atoms with van der Waals surface area (Å²) in [6, 6.07) is 5.86. The van der Waals surface area contributed by atoms with Crippen LogP contribution >= 0.6 is 22.9 Å². The van der Waals surface area contributed by atoms with Gasteiger partial charge in [-0.3, -0.25) is 9.47 Å². The average molecular weight is 762 g/mol. The molecule has 53 heavy (non-hydrogen) atoms. The lowest BCUT2D eigenvalue weighted by Crippen LogP contribution is -2.43. The Labute approximate surface area is 311 Å². The number of imidazole rings is 1. The molecule has 4 fully saturated rings. The van der Waals surface area contributed by atoms with Gasteiger partial charge in [0.15, 0.2) is 5.82 Å². The summed E-state index contributed by atoms with van der Waals surface area (Å²) in [5.74, 6) is -0.845. The number of amides is 1. The summed E-state index contributed by atoms with van der Waals surface area (Å²) in [5.41, 5.74) is 7.27. The molecule has 2 N–H and O–H groups in total. The fourth-order valence-electron chi connectivity index (χ4n) is 9.07. The van der Waals surface area contributed by atoms with E-state index in [1.54, 1.807) is 17.0 Å². The van der Waals surface area contributed by atoms with Gasteiger partial charge < -0.3 is 20.3 Å². The number of hydrogen-bond acceptors (Lipinski definition) is 10. The number of rotatable bonds is 5. The molecule has 4 aliphatic rings. The first-order valence-corrected chi connectivity index (χ1v) is 18.9. The third kappa shape index (κ3) is 5.24. The number of nitrogens with zero attached hydrogens (tertiary/aromatic N) is 8. The second kappa shape index (κ2) is 12.5. The van der Waals surface area contributed by atoms with Crippen molar-refractivity contribution in [3.8, 4) is 23.2 Å². The smallest absolute Gasteiger partial charge is 0.329 e. The number of nitrogens with two attached hydrogens (primary N) is 1. The highest BCUT2D eigenvalue weighted by molar-refractivity contribution is 7.23. The van der Waals surface area contributed by atoms with Crippen LogP contribution in [-0.4, -0.2) is 92.4 Å². The van der Waals surface area contributed by atoms with Gasteiger partial charge in [-0.25, -0.2) is 22.9 Å². The number of hydrogen-bond donors (Lipinski definition) is 1. The minimum atomic E-state index is -0.962. The Morgan fingerprint density at radius 2 is 2.04 bits per heavy atom. The van der Waals surface area contributed by atoms with Gasteiger partial charge in [0, 0.05) is 60.5 Å². The maximum absolute atomic E-state index is 17.2. The minimum Gasteiger partial charge on any atom is -0.461 e. The molecule has 16 heteroatoms. The number of nitrogen functional groups attached to an aromatic ring is 1. The molecular formula is C37H35ClF3N9O2S. The van der Waals surface area contributed by atoms with E-state index in [0.717, 1.165) is 48.5 Å². The van der Waals surface area contributed by atoms with E-state index in [4.69, 9.17) is 27.1 Å². The van der Waals surface area contributed by atoms with Crippen molar-refractivity contribution in [2.24, 2.45) is 5.92 Å². The van der Waals surface area contributed by atoms with Gasteiger partial charge in [-0.05, 0) is 57.4 Å². The number of likely N-dealkylation sites (tertiary alicyclic amines) is 1. The number of nitriles is 1. The molecule has 1 amide bonds. The number of aromatic nitrogens is 4. The molecule has 11 nitrogen and oxygen atoms in total. The second-order valence-corrected chi connectivity index (χ2v) is 16.1.